The van der Waals surface area contributed by atoms with Crippen LogP contribution in [0.1, 0.15) is 46.4 Å². The fraction of sp³-hybridized carbons (Fsp3) is 0.393. The van der Waals surface area contributed by atoms with Crippen LogP contribution in [0.2, 0.25) is 0 Å². The predicted octanol–water partition coefficient (Wildman–Crippen LogP) is 3.88. The minimum absolute atomic E-state index is 0.0353. The molecule has 3 N–H and O–H groups in total. The number of para-hydroxylation sites is 1. The summed E-state index contributed by atoms with van der Waals surface area (Å²) in [6.45, 7) is 2.40. The van der Waals surface area contributed by atoms with E-state index in [2.05, 4.69) is 36.4 Å². The monoisotopic (exact) mass is 628 g/mol. The first-order valence-electron chi connectivity index (χ1n) is 13.5. The lowest BCUT2D eigenvalue weighted by atomic mass is 9.89. The average molecular weight is 629 g/mol. The van der Waals surface area contributed by atoms with Crippen LogP contribution in [0.5, 0.6) is 0 Å². The van der Waals surface area contributed by atoms with E-state index in [0.29, 0.717) is 43.5 Å². The molecule has 11 nitrogen and oxygen atoms in total. The Bertz CT molecular complexity index is 1570. The lowest BCUT2D eigenvalue weighted by Gasteiger charge is -2.35. The molecule has 13 heteroatoms. The molecule has 1 saturated heterocycles. The van der Waals surface area contributed by atoms with Crippen LogP contribution in [0.25, 0.3) is 10.9 Å². The predicted molar refractivity (Wildman–Crippen MR) is 156 cm³/mol. The van der Waals surface area contributed by atoms with Gasteiger partial charge in [0.1, 0.15) is 11.5 Å². The van der Waals surface area contributed by atoms with Crippen LogP contribution in [0.4, 0.5) is 15.8 Å². The molecule has 3 aromatic rings. The second kappa shape index (κ2) is 12.0. The lowest BCUT2D eigenvalue weighted by molar-refractivity contribution is -0.384. The number of likely N-dealkylation sites (N-methyl/N-ethyl adjacent to an activating group) is 1. The molecule has 1 aliphatic carbocycles. The number of fused-ring (bicyclic) bond motifs is 1. The number of nitrogens with zero attached hydrogens (tertiary/aromatic N) is 3. The van der Waals surface area contributed by atoms with Crippen LogP contribution in [0, 0.1) is 15.9 Å². The second-order valence-electron chi connectivity index (χ2n) is 10.5. The van der Waals surface area contributed by atoms with Crippen molar-refractivity contribution in [3.8, 4) is 0 Å². The highest BCUT2D eigenvalue weighted by Crippen LogP contribution is 2.36. The van der Waals surface area contributed by atoms with Gasteiger partial charge in [0.25, 0.3) is 17.5 Å². The number of nitrogens with one attached hydrogen (secondary N) is 3. The van der Waals surface area contributed by atoms with Gasteiger partial charge < -0.3 is 25.4 Å². The number of piperazine rings is 1. The number of amides is 2. The second-order valence-corrected chi connectivity index (χ2v) is 11.4. The van der Waals surface area contributed by atoms with E-state index in [9.17, 15) is 28.9 Å². The van der Waals surface area contributed by atoms with Crippen molar-refractivity contribution >= 4 is 50.0 Å². The summed E-state index contributed by atoms with van der Waals surface area (Å²) in [6, 6.07) is 7.40. The number of aromatic amines is 1. The van der Waals surface area contributed by atoms with Crippen molar-refractivity contribution < 1.29 is 18.9 Å². The molecule has 0 spiro atoms. The number of benzene rings is 2. The van der Waals surface area contributed by atoms with Crippen molar-refractivity contribution in [3.63, 3.8) is 0 Å². The van der Waals surface area contributed by atoms with Gasteiger partial charge in [0.15, 0.2) is 0 Å². The van der Waals surface area contributed by atoms with Crippen LogP contribution in [-0.2, 0) is 0 Å². The average Bonchev–Trinajstić information content (AvgIpc) is 2.94. The number of hydrogen-bond acceptors (Lipinski definition) is 7. The number of aromatic nitrogens is 1. The first-order valence-corrected chi connectivity index (χ1v) is 14.3. The largest absolute Gasteiger partial charge is 0.374 e. The minimum atomic E-state index is -0.647. The Morgan fingerprint density at radius 1 is 1.07 bits per heavy atom. The zero-order valence-electron chi connectivity index (χ0n) is 22.4. The van der Waals surface area contributed by atoms with Crippen LogP contribution in [-0.4, -0.2) is 76.8 Å². The summed E-state index contributed by atoms with van der Waals surface area (Å²) < 4.78 is 14.8. The number of halogens is 2. The molecule has 1 saturated carbocycles. The number of hydrogen-bond donors (Lipinski definition) is 3. The number of nitro benzene ring substituents is 1. The normalized spacial score (nSPS) is 19.6. The highest BCUT2D eigenvalue weighted by molar-refractivity contribution is 9.10. The smallest absolute Gasteiger partial charge is 0.294 e. The third-order valence-electron chi connectivity index (χ3n) is 7.78. The van der Waals surface area contributed by atoms with E-state index >= 15 is 0 Å². The molecule has 2 heterocycles. The van der Waals surface area contributed by atoms with Crippen molar-refractivity contribution in [1.82, 2.24) is 20.1 Å². The SMILES string of the molecule is CN1CCN(C(=O)c2cc(Br)cc([N+](=O)[O-])c2N[C@@H]2CCCC[C@@H]2NC(=O)c2cc(=O)[nH]c3c(F)cccc23)CC1. The number of H-pyrrole nitrogens is 1. The van der Waals surface area contributed by atoms with Gasteiger partial charge in [0.2, 0.25) is 5.56 Å². The summed E-state index contributed by atoms with van der Waals surface area (Å²) in [7, 11) is 1.97. The van der Waals surface area contributed by atoms with Crippen molar-refractivity contribution in [2.24, 2.45) is 0 Å². The summed E-state index contributed by atoms with van der Waals surface area (Å²) in [5.41, 5.74) is -0.583. The first kappa shape index (κ1) is 28.7. The number of rotatable bonds is 6. The zero-order valence-corrected chi connectivity index (χ0v) is 24.0. The maximum atomic E-state index is 14.4. The third kappa shape index (κ3) is 6.10. The van der Waals surface area contributed by atoms with Crippen LogP contribution >= 0.6 is 15.9 Å². The third-order valence-corrected chi connectivity index (χ3v) is 8.24. The van der Waals surface area contributed by atoms with Gasteiger partial charge in [-0.05, 0) is 32.0 Å². The minimum Gasteiger partial charge on any atom is -0.374 e. The van der Waals surface area contributed by atoms with E-state index in [1.54, 1.807) is 17.0 Å². The van der Waals surface area contributed by atoms with E-state index in [1.165, 1.54) is 18.2 Å². The highest BCUT2D eigenvalue weighted by atomic mass is 79.9. The summed E-state index contributed by atoms with van der Waals surface area (Å²) in [5, 5.41) is 18.6. The molecule has 41 heavy (non-hydrogen) atoms. The number of carbonyl (C=O) groups excluding carboxylic acids is 2. The maximum absolute atomic E-state index is 14.4. The fourth-order valence-corrected chi connectivity index (χ4v) is 6.02. The summed E-state index contributed by atoms with van der Waals surface area (Å²) in [6.07, 6.45) is 2.79. The summed E-state index contributed by atoms with van der Waals surface area (Å²) >= 11 is 3.32. The molecule has 5 rings (SSSR count). The Morgan fingerprint density at radius 3 is 2.49 bits per heavy atom. The van der Waals surface area contributed by atoms with Gasteiger partial charge in [-0.2, -0.15) is 0 Å². The topological polar surface area (TPSA) is 141 Å². The Balaban J connectivity index is 1.46. The lowest BCUT2D eigenvalue weighted by Crippen LogP contribution is -2.49. The van der Waals surface area contributed by atoms with Crippen molar-refractivity contribution in [1.29, 1.82) is 0 Å². The first-order chi connectivity index (χ1) is 19.6. The van der Waals surface area contributed by atoms with Gasteiger partial charge in [0, 0.05) is 60.3 Å². The molecule has 0 bridgehead atoms. The zero-order chi connectivity index (χ0) is 29.3. The molecule has 1 aromatic heterocycles. The Kier molecular flexibility index (Phi) is 8.36. The van der Waals surface area contributed by atoms with Gasteiger partial charge in [0.05, 0.1) is 21.6 Å². The number of anilines is 1. The van der Waals surface area contributed by atoms with E-state index in [4.69, 9.17) is 0 Å². The molecule has 2 aromatic carbocycles. The summed E-state index contributed by atoms with van der Waals surface area (Å²) in [5.74, 6) is -1.51. The molecule has 2 fully saturated rings. The molecular weight excluding hydrogens is 599 g/mol. The highest BCUT2D eigenvalue weighted by Gasteiger charge is 2.33. The molecule has 216 valence electrons. The standard InChI is InChI=1S/C28H30BrFN6O5/c1-34-9-11-35(12-10-34)28(39)19-13-16(29)14-23(36(40)41)26(19)31-21-7-2-3-8-22(21)32-27(38)18-15-24(37)33-25-17(18)5-4-6-20(25)30/h4-6,13-15,21-22,31H,2-3,7-12H2,1H3,(H,32,38)(H,33,37)/t21-,22+/m1/s1. The van der Waals surface area contributed by atoms with E-state index in [1.807, 2.05) is 7.05 Å². The van der Waals surface area contributed by atoms with E-state index < -0.39 is 34.3 Å². The fourth-order valence-electron chi connectivity index (χ4n) is 5.58. The Morgan fingerprint density at radius 2 is 1.78 bits per heavy atom. The summed E-state index contributed by atoms with van der Waals surface area (Å²) in [4.78, 5) is 57.1. The Hall–Kier alpha value is -3.84. The molecular formula is C28H30BrFN6O5. The molecule has 0 unspecified atom stereocenters. The van der Waals surface area contributed by atoms with Crippen LogP contribution in [0.3, 0.4) is 0 Å². The van der Waals surface area contributed by atoms with Gasteiger partial charge in [-0.3, -0.25) is 24.5 Å². The van der Waals surface area contributed by atoms with Gasteiger partial charge in [-0.25, -0.2) is 4.39 Å². The quantitative estimate of drug-likeness (QED) is 0.278. The van der Waals surface area contributed by atoms with Crippen LogP contribution < -0.4 is 16.2 Å². The number of nitro groups is 1. The number of carbonyl (C=O) groups is 2. The van der Waals surface area contributed by atoms with E-state index in [-0.39, 0.29) is 39.3 Å². The molecule has 2 amide bonds. The van der Waals surface area contributed by atoms with Crippen molar-refractivity contribution in [3.05, 3.63) is 78.3 Å². The van der Waals surface area contributed by atoms with Crippen LogP contribution in [0.15, 0.2) is 45.7 Å². The molecule has 2 aliphatic rings. The van der Waals surface area contributed by atoms with Gasteiger partial charge in [-0.1, -0.05) is 40.9 Å². The molecule has 0 radical (unpaired) electrons. The molecule has 2 atom stereocenters. The van der Waals surface area contributed by atoms with E-state index in [0.717, 1.165) is 18.9 Å². The number of pyridine rings is 1. The van der Waals surface area contributed by atoms with Gasteiger partial charge in [-0.15, -0.1) is 0 Å². The maximum Gasteiger partial charge on any atom is 0.294 e. The Labute approximate surface area is 243 Å². The van der Waals surface area contributed by atoms with Crippen molar-refractivity contribution in [2.45, 2.75) is 37.8 Å². The van der Waals surface area contributed by atoms with Gasteiger partial charge >= 0.3 is 0 Å². The van der Waals surface area contributed by atoms with Crippen molar-refractivity contribution in [2.75, 3.05) is 38.5 Å². The molecule has 1 aliphatic heterocycles.